The number of carbonyl (C=O) groups is 1. The van der Waals surface area contributed by atoms with Gasteiger partial charge in [0.25, 0.3) is 11.8 Å². The Morgan fingerprint density at radius 1 is 1.36 bits per heavy atom. The van der Waals surface area contributed by atoms with E-state index in [9.17, 15) is 13.6 Å². The summed E-state index contributed by atoms with van der Waals surface area (Å²) in [5.74, 6) is -1.02. The van der Waals surface area contributed by atoms with Gasteiger partial charge in [-0.1, -0.05) is 0 Å². The summed E-state index contributed by atoms with van der Waals surface area (Å²) < 4.78 is 34.3. The Labute approximate surface area is 122 Å². The maximum Gasteiger partial charge on any atom is 0.331 e. The molecule has 10 heteroatoms. The second-order valence-electron chi connectivity index (χ2n) is 4.74. The molecular formula is C12H11F2N5O3. The molecule has 0 bridgehead atoms. The summed E-state index contributed by atoms with van der Waals surface area (Å²) in [6.45, 7) is 0. The molecule has 1 aliphatic carbocycles. The highest BCUT2D eigenvalue weighted by Gasteiger charge is 2.52. The molecule has 0 unspecified atom stereocenters. The Hall–Kier alpha value is -2.65. The lowest BCUT2D eigenvalue weighted by molar-refractivity contribution is -0.142. The number of hydrogen-bond donors (Lipinski definition) is 1. The van der Waals surface area contributed by atoms with Crippen molar-refractivity contribution in [2.75, 3.05) is 12.4 Å². The average molecular weight is 311 g/mol. The van der Waals surface area contributed by atoms with E-state index in [4.69, 9.17) is 9.15 Å². The van der Waals surface area contributed by atoms with Crippen LogP contribution in [0.1, 0.15) is 25.2 Å². The first kappa shape index (κ1) is 14.3. The monoisotopic (exact) mass is 311 g/mol. The lowest BCUT2D eigenvalue weighted by atomic mass is 10.3. The molecule has 1 saturated carbocycles. The summed E-state index contributed by atoms with van der Waals surface area (Å²) in [5, 5.41) is 9.61. The number of rotatable bonds is 5. The normalized spacial score (nSPS) is 15.6. The van der Waals surface area contributed by atoms with E-state index in [2.05, 4.69) is 25.5 Å². The van der Waals surface area contributed by atoms with E-state index in [0.29, 0.717) is 18.4 Å². The van der Waals surface area contributed by atoms with Gasteiger partial charge in [-0.3, -0.25) is 0 Å². The van der Waals surface area contributed by atoms with Gasteiger partial charge in [0.2, 0.25) is 5.95 Å². The number of anilines is 1. The van der Waals surface area contributed by atoms with Crippen LogP contribution in [-0.2, 0) is 9.53 Å². The van der Waals surface area contributed by atoms with E-state index in [-0.39, 0.29) is 17.8 Å². The third-order valence-electron chi connectivity index (χ3n) is 3.20. The van der Waals surface area contributed by atoms with Gasteiger partial charge in [-0.15, -0.1) is 10.2 Å². The van der Waals surface area contributed by atoms with Crippen LogP contribution in [0.2, 0.25) is 0 Å². The fourth-order valence-corrected chi connectivity index (χ4v) is 1.86. The summed E-state index contributed by atoms with van der Waals surface area (Å²) in [6.07, 6.45) is 1.10. The SMILES string of the molecule is COC(=O)C1(Nc2ncc(-c3nnc(C(F)F)o3)cn2)CC1. The van der Waals surface area contributed by atoms with E-state index in [0.717, 1.165) is 0 Å². The summed E-state index contributed by atoms with van der Waals surface area (Å²) in [7, 11) is 1.31. The second kappa shape index (κ2) is 5.28. The lowest BCUT2D eigenvalue weighted by Crippen LogP contribution is -2.33. The maximum absolute atomic E-state index is 12.4. The standard InChI is InChI=1S/C12H11F2N5O3/c1-21-10(20)12(2-3-12)17-11-15-4-6(5-16-11)8-18-19-9(22-8)7(13)14/h4-5,7H,2-3H2,1H3,(H,15,16,17). The molecule has 2 aromatic heterocycles. The molecule has 1 N–H and O–H groups in total. The molecule has 0 radical (unpaired) electrons. The number of hydrogen-bond acceptors (Lipinski definition) is 8. The fourth-order valence-electron chi connectivity index (χ4n) is 1.86. The first-order chi connectivity index (χ1) is 10.5. The number of alkyl halides is 2. The number of nitrogens with zero attached hydrogens (tertiary/aromatic N) is 4. The van der Waals surface area contributed by atoms with Crippen LogP contribution >= 0.6 is 0 Å². The highest BCUT2D eigenvalue weighted by molar-refractivity contribution is 5.87. The average Bonchev–Trinajstić information content (AvgIpc) is 3.12. The zero-order valence-corrected chi connectivity index (χ0v) is 11.4. The molecule has 2 aromatic rings. The van der Waals surface area contributed by atoms with Crippen molar-refractivity contribution in [1.29, 1.82) is 0 Å². The van der Waals surface area contributed by atoms with Gasteiger partial charge >= 0.3 is 12.4 Å². The zero-order chi connectivity index (χ0) is 15.7. The van der Waals surface area contributed by atoms with Crippen LogP contribution < -0.4 is 5.32 Å². The van der Waals surface area contributed by atoms with Gasteiger partial charge in [0.1, 0.15) is 5.54 Å². The molecule has 0 atom stereocenters. The molecular weight excluding hydrogens is 300 g/mol. The molecule has 0 spiro atoms. The van der Waals surface area contributed by atoms with Crippen LogP contribution in [0.5, 0.6) is 0 Å². The second-order valence-corrected chi connectivity index (χ2v) is 4.74. The van der Waals surface area contributed by atoms with E-state index >= 15 is 0 Å². The van der Waals surface area contributed by atoms with E-state index in [1.165, 1.54) is 19.5 Å². The quantitative estimate of drug-likeness (QED) is 0.830. The van der Waals surface area contributed by atoms with Crippen LogP contribution in [0.25, 0.3) is 11.5 Å². The number of methoxy groups -OCH3 is 1. The van der Waals surface area contributed by atoms with Crippen molar-refractivity contribution in [3.05, 3.63) is 18.3 Å². The molecule has 22 heavy (non-hydrogen) atoms. The van der Waals surface area contributed by atoms with Crippen molar-refractivity contribution in [2.45, 2.75) is 24.8 Å². The Morgan fingerprint density at radius 3 is 2.55 bits per heavy atom. The van der Waals surface area contributed by atoms with Gasteiger partial charge in [-0.05, 0) is 12.8 Å². The minimum Gasteiger partial charge on any atom is -0.467 e. The highest BCUT2D eigenvalue weighted by atomic mass is 19.3. The largest absolute Gasteiger partial charge is 0.467 e. The topological polar surface area (TPSA) is 103 Å². The number of carbonyl (C=O) groups excluding carboxylic acids is 1. The molecule has 3 rings (SSSR count). The molecule has 0 aromatic carbocycles. The molecule has 0 amide bonds. The lowest BCUT2D eigenvalue weighted by Gasteiger charge is -2.14. The van der Waals surface area contributed by atoms with Gasteiger partial charge in [-0.2, -0.15) is 8.78 Å². The van der Waals surface area contributed by atoms with Gasteiger partial charge < -0.3 is 14.5 Å². The van der Waals surface area contributed by atoms with Crippen LogP contribution in [0.15, 0.2) is 16.8 Å². The van der Waals surface area contributed by atoms with Crippen LogP contribution in [-0.4, -0.2) is 38.8 Å². The molecule has 116 valence electrons. The molecule has 8 nitrogen and oxygen atoms in total. The van der Waals surface area contributed by atoms with Gasteiger partial charge in [0.15, 0.2) is 0 Å². The summed E-state index contributed by atoms with van der Waals surface area (Å²) >= 11 is 0. The van der Waals surface area contributed by atoms with E-state index < -0.39 is 17.9 Å². The van der Waals surface area contributed by atoms with Gasteiger partial charge in [-0.25, -0.2) is 14.8 Å². The number of ether oxygens (including phenoxy) is 1. The highest BCUT2D eigenvalue weighted by Crippen LogP contribution is 2.39. The summed E-state index contributed by atoms with van der Waals surface area (Å²) in [5.41, 5.74) is -0.475. The summed E-state index contributed by atoms with van der Waals surface area (Å²) in [6, 6.07) is 0. The molecule has 1 fully saturated rings. The van der Waals surface area contributed by atoms with Crippen molar-refractivity contribution < 1.29 is 22.7 Å². The third kappa shape index (κ3) is 2.59. The number of esters is 1. The Bertz CT molecular complexity index is 684. The number of nitrogens with one attached hydrogen (secondary N) is 1. The van der Waals surface area contributed by atoms with Crippen molar-refractivity contribution in [3.63, 3.8) is 0 Å². The first-order valence-electron chi connectivity index (χ1n) is 6.35. The Morgan fingerprint density at radius 2 is 2.05 bits per heavy atom. The molecule has 1 aliphatic rings. The van der Waals surface area contributed by atoms with Crippen molar-refractivity contribution in [2.24, 2.45) is 0 Å². The Kier molecular flexibility index (Phi) is 3.43. The predicted octanol–water partition coefficient (Wildman–Crippen LogP) is 1.58. The van der Waals surface area contributed by atoms with E-state index in [1.807, 2.05) is 0 Å². The van der Waals surface area contributed by atoms with Gasteiger partial charge in [0, 0.05) is 12.4 Å². The number of aromatic nitrogens is 4. The third-order valence-corrected chi connectivity index (χ3v) is 3.20. The smallest absolute Gasteiger partial charge is 0.331 e. The van der Waals surface area contributed by atoms with Crippen molar-refractivity contribution in [3.8, 4) is 11.5 Å². The van der Waals surface area contributed by atoms with Crippen molar-refractivity contribution >= 4 is 11.9 Å². The van der Waals surface area contributed by atoms with Crippen molar-refractivity contribution in [1.82, 2.24) is 20.2 Å². The fraction of sp³-hybridized carbons (Fsp3) is 0.417. The maximum atomic E-state index is 12.4. The van der Waals surface area contributed by atoms with Crippen LogP contribution in [0.4, 0.5) is 14.7 Å². The number of halogens is 2. The molecule has 0 saturated heterocycles. The van der Waals surface area contributed by atoms with Crippen LogP contribution in [0.3, 0.4) is 0 Å². The predicted molar refractivity (Wildman–Crippen MR) is 67.9 cm³/mol. The molecule has 2 heterocycles. The summed E-state index contributed by atoms with van der Waals surface area (Å²) in [4.78, 5) is 19.6. The molecule has 0 aliphatic heterocycles. The zero-order valence-electron chi connectivity index (χ0n) is 11.4. The van der Waals surface area contributed by atoms with Crippen LogP contribution in [0, 0.1) is 0 Å². The van der Waals surface area contributed by atoms with E-state index in [1.54, 1.807) is 0 Å². The first-order valence-corrected chi connectivity index (χ1v) is 6.35. The Balaban J connectivity index is 1.74. The minimum atomic E-state index is -2.84. The van der Waals surface area contributed by atoms with Gasteiger partial charge in [0.05, 0.1) is 12.7 Å². The minimum absolute atomic E-state index is 0.101.